The summed E-state index contributed by atoms with van der Waals surface area (Å²) in [5.74, 6) is -0.130. The summed E-state index contributed by atoms with van der Waals surface area (Å²) in [6.07, 6.45) is 5.01. The first kappa shape index (κ1) is 14.7. The Bertz CT molecular complexity index is 603. The second kappa shape index (κ2) is 6.66. The van der Waals surface area contributed by atoms with Gasteiger partial charge in [0.15, 0.2) is 0 Å². The zero-order valence-electron chi connectivity index (χ0n) is 11.6. The smallest absolute Gasteiger partial charge is 0.257 e. The molecule has 0 aliphatic rings. The van der Waals surface area contributed by atoms with Gasteiger partial charge in [-0.15, -0.1) is 0 Å². The van der Waals surface area contributed by atoms with Gasteiger partial charge in [0.1, 0.15) is 0 Å². The second-order valence-corrected chi connectivity index (χ2v) is 5.42. The molecule has 2 rings (SSSR count). The number of benzene rings is 1. The van der Waals surface area contributed by atoms with Crippen LogP contribution in [0.25, 0.3) is 0 Å². The molecule has 3 nitrogen and oxygen atoms in total. The van der Waals surface area contributed by atoms with E-state index < -0.39 is 0 Å². The van der Waals surface area contributed by atoms with Crippen LogP contribution in [0.3, 0.4) is 0 Å². The minimum atomic E-state index is -0.130. The molecule has 4 heteroatoms. The van der Waals surface area contributed by atoms with Gasteiger partial charge in [0.25, 0.3) is 5.91 Å². The maximum atomic E-state index is 12.3. The first-order chi connectivity index (χ1) is 9.65. The molecular formula is C16H17BrN2O. The van der Waals surface area contributed by atoms with Crippen LogP contribution in [0.1, 0.15) is 35.3 Å². The first-order valence-corrected chi connectivity index (χ1v) is 7.47. The molecule has 20 heavy (non-hydrogen) atoms. The highest BCUT2D eigenvalue weighted by Gasteiger charge is 2.12. The third-order valence-electron chi connectivity index (χ3n) is 3.20. The molecule has 0 fully saturated rings. The van der Waals surface area contributed by atoms with Crippen LogP contribution in [-0.2, 0) is 12.8 Å². The number of carbonyl (C=O) groups excluding carboxylic acids is 1. The highest BCUT2D eigenvalue weighted by atomic mass is 79.9. The van der Waals surface area contributed by atoms with E-state index in [4.69, 9.17) is 0 Å². The zero-order chi connectivity index (χ0) is 14.5. The molecule has 1 aromatic heterocycles. The average Bonchev–Trinajstić information content (AvgIpc) is 2.47. The van der Waals surface area contributed by atoms with Crippen LogP contribution in [0.5, 0.6) is 0 Å². The minimum absolute atomic E-state index is 0.130. The molecule has 1 amide bonds. The predicted octanol–water partition coefficient (Wildman–Crippen LogP) is 4.22. The van der Waals surface area contributed by atoms with Gasteiger partial charge in [-0.25, -0.2) is 0 Å². The SMILES string of the molecule is CCc1cccc(CC)c1NC(=O)c1cncc(Br)c1. The molecule has 0 aliphatic carbocycles. The summed E-state index contributed by atoms with van der Waals surface area (Å²) in [6, 6.07) is 7.90. The van der Waals surface area contributed by atoms with Gasteiger partial charge >= 0.3 is 0 Å². The van der Waals surface area contributed by atoms with Gasteiger partial charge in [0, 0.05) is 22.6 Å². The van der Waals surface area contributed by atoms with Crippen molar-refractivity contribution >= 4 is 27.5 Å². The summed E-state index contributed by atoms with van der Waals surface area (Å²) in [7, 11) is 0. The maximum absolute atomic E-state index is 12.3. The number of carbonyl (C=O) groups is 1. The zero-order valence-corrected chi connectivity index (χ0v) is 13.2. The summed E-state index contributed by atoms with van der Waals surface area (Å²) in [6.45, 7) is 4.18. The summed E-state index contributed by atoms with van der Waals surface area (Å²) >= 11 is 3.33. The Morgan fingerprint density at radius 2 is 1.85 bits per heavy atom. The molecule has 0 saturated carbocycles. The number of aromatic nitrogens is 1. The van der Waals surface area contributed by atoms with Crippen molar-refractivity contribution in [1.29, 1.82) is 0 Å². The Kier molecular flexibility index (Phi) is 4.90. The number of nitrogens with one attached hydrogen (secondary N) is 1. The number of aryl methyl sites for hydroxylation is 2. The Morgan fingerprint density at radius 1 is 1.20 bits per heavy atom. The van der Waals surface area contributed by atoms with E-state index in [0.29, 0.717) is 5.56 Å². The van der Waals surface area contributed by atoms with Crippen LogP contribution in [-0.4, -0.2) is 10.9 Å². The largest absolute Gasteiger partial charge is 0.321 e. The summed E-state index contributed by atoms with van der Waals surface area (Å²) in [4.78, 5) is 16.4. The Morgan fingerprint density at radius 3 is 2.40 bits per heavy atom. The molecule has 2 aromatic rings. The number of halogens is 1. The summed E-state index contributed by atoms with van der Waals surface area (Å²) in [5, 5.41) is 3.02. The number of amides is 1. The number of para-hydroxylation sites is 1. The van der Waals surface area contributed by atoms with E-state index in [1.807, 2.05) is 18.2 Å². The Balaban J connectivity index is 2.32. The number of anilines is 1. The molecule has 1 aromatic carbocycles. The van der Waals surface area contributed by atoms with Crippen molar-refractivity contribution in [2.45, 2.75) is 26.7 Å². The average molecular weight is 333 g/mol. The van der Waals surface area contributed by atoms with E-state index >= 15 is 0 Å². The Hall–Kier alpha value is -1.68. The first-order valence-electron chi connectivity index (χ1n) is 6.68. The van der Waals surface area contributed by atoms with E-state index in [0.717, 1.165) is 34.1 Å². The molecule has 1 N–H and O–H groups in total. The van der Waals surface area contributed by atoms with Gasteiger partial charge in [0.05, 0.1) is 5.56 Å². The molecule has 0 atom stereocenters. The van der Waals surface area contributed by atoms with E-state index in [1.54, 1.807) is 18.5 Å². The third kappa shape index (κ3) is 3.25. The molecule has 0 aliphatic heterocycles. The molecule has 0 saturated heterocycles. The van der Waals surface area contributed by atoms with Crippen LogP contribution >= 0.6 is 15.9 Å². The topological polar surface area (TPSA) is 42.0 Å². The standard InChI is InChI=1S/C16H17BrN2O/c1-3-11-6-5-7-12(4-2)15(11)19-16(20)13-8-14(17)10-18-9-13/h5-10H,3-4H2,1-2H3,(H,19,20). The highest BCUT2D eigenvalue weighted by Crippen LogP contribution is 2.23. The number of hydrogen-bond acceptors (Lipinski definition) is 2. The normalized spacial score (nSPS) is 10.3. The predicted molar refractivity (Wildman–Crippen MR) is 85.1 cm³/mol. The van der Waals surface area contributed by atoms with Crippen LogP contribution in [0, 0.1) is 0 Å². The summed E-state index contributed by atoms with van der Waals surface area (Å²) in [5.41, 5.74) is 3.79. The van der Waals surface area contributed by atoms with Gasteiger partial charge in [-0.3, -0.25) is 9.78 Å². The van der Waals surface area contributed by atoms with Crippen molar-refractivity contribution < 1.29 is 4.79 Å². The molecule has 104 valence electrons. The van der Waals surface area contributed by atoms with E-state index in [-0.39, 0.29) is 5.91 Å². The van der Waals surface area contributed by atoms with Crippen LogP contribution in [0.4, 0.5) is 5.69 Å². The molecule has 0 unspecified atom stereocenters. The lowest BCUT2D eigenvalue weighted by molar-refractivity contribution is 0.102. The summed E-state index contributed by atoms with van der Waals surface area (Å²) < 4.78 is 0.796. The van der Waals surface area contributed by atoms with Gasteiger partial charge in [0.2, 0.25) is 0 Å². The molecule has 0 bridgehead atoms. The Labute approximate surface area is 127 Å². The fraction of sp³-hybridized carbons (Fsp3) is 0.250. The van der Waals surface area contributed by atoms with Crippen molar-refractivity contribution in [3.63, 3.8) is 0 Å². The van der Waals surface area contributed by atoms with Crippen LogP contribution in [0.2, 0.25) is 0 Å². The van der Waals surface area contributed by atoms with Crippen molar-refractivity contribution in [3.05, 3.63) is 57.8 Å². The maximum Gasteiger partial charge on any atom is 0.257 e. The fourth-order valence-corrected chi connectivity index (χ4v) is 2.49. The number of nitrogens with zero attached hydrogens (tertiary/aromatic N) is 1. The number of hydrogen-bond donors (Lipinski definition) is 1. The fourth-order valence-electron chi connectivity index (χ4n) is 2.12. The van der Waals surface area contributed by atoms with E-state index in [9.17, 15) is 4.79 Å². The monoisotopic (exact) mass is 332 g/mol. The molecule has 0 spiro atoms. The van der Waals surface area contributed by atoms with Crippen molar-refractivity contribution in [2.24, 2.45) is 0 Å². The lowest BCUT2D eigenvalue weighted by Crippen LogP contribution is -2.15. The van der Waals surface area contributed by atoms with Gasteiger partial charge < -0.3 is 5.32 Å². The van der Waals surface area contributed by atoms with E-state index in [2.05, 4.69) is 40.1 Å². The van der Waals surface area contributed by atoms with Crippen LogP contribution < -0.4 is 5.32 Å². The highest BCUT2D eigenvalue weighted by molar-refractivity contribution is 9.10. The minimum Gasteiger partial charge on any atom is -0.321 e. The van der Waals surface area contributed by atoms with Gasteiger partial charge in [-0.05, 0) is 46.0 Å². The number of pyridine rings is 1. The van der Waals surface area contributed by atoms with E-state index in [1.165, 1.54) is 0 Å². The number of rotatable bonds is 4. The van der Waals surface area contributed by atoms with Gasteiger partial charge in [-0.1, -0.05) is 32.0 Å². The molecular weight excluding hydrogens is 316 g/mol. The lowest BCUT2D eigenvalue weighted by atomic mass is 10.0. The van der Waals surface area contributed by atoms with Crippen molar-refractivity contribution in [2.75, 3.05) is 5.32 Å². The molecule has 1 heterocycles. The van der Waals surface area contributed by atoms with Gasteiger partial charge in [-0.2, -0.15) is 0 Å². The second-order valence-electron chi connectivity index (χ2n) is 4.50. The van der Waals surface area contributed by atoms with Crippen molar-refractivity contribution in [1.82, 2.24) is 4.98 Å². The quantitative estimate of drug-likeness (QED) is 0.910. The lowest BCUT2D eigenvalue weighted by Gasteiger charge is -2.14. The van der Waals surface area contributed by atoms with Crippen LogP contribution in [0.15, 0.2) is 41.1 Å². The molecule has 0 radical (unpaired) electrons. The third-order valence-corrected chi connectivity index (χ3v) is 3.64. The van der Waals surface area contributed by atoms with Crippen molar-refractivity contribution in [3.8, 4) is 0 Å².